The van der Waals surface area contributed by atoms with Gasteiger partial charge < -0.3 is 47.7 Å². The number of Topliss-reactive ketones (excluding diaryl/α,β-unsaturated/α-hetero) is 1. The third-order valence-electron chi connectivity index (χ3n) is 20.2. The molecule has 0 aromatic heterocycles. The van der Waals surface area contributed by atoms with E-state index in [-0.39, 0.29) is 59.4 Å². The van der Waals surface area contributed by atoms with Gasteiger partial charge in [-0.15, -0.1) is 6.58 Å². The Hall–Kier alpha value is -6.03. The fourth-order valence-corrected chi connectivity index (χ4v) is 23.7. The van der Waals surface area contributed by atoms with Crippen molar-refractivity contribution in [1.82, 2.24) is 5.32 Å². The van der Waals surface area contributed by atoms with Crippen LogP contribution in [0.25, 0.3) is 0 Å². The summed E-state index contributed by atoms with van der Waals surface area (Å²) in [6.45, 7) is 34.2. The highest BCUT2D eigenvalue weighted by Gasteiger charge is 2.79. The largest absolute Gasteiger partial charge is 0.489 e. The van der Waals surface area contributed by atoms with E-state index >= 15 is 14.4 Å². The monoisotopic (exact) mass is 1250 g/mol. The molecule has 2 saturated carbocycles. The average Bonchev–Trinajstić information content (AvgIpc) is 0.670. The molecule has 3 aliphatic carbocycles. The van der Waals surface area contributed by atoms with Gasteiger partial charge in [0.2, 0.25) is 8.32 Å². The van der Waals surface area contributed by atoms with Gasteiger partial charge in [-0.05, 0) is 109 Å². The summed E-state index contributed by atoms with van der Waals surface area (Å²) < 4.78 is 55.1. The Kier molecular flexibility index (Phi) is 22.4. The zero-order chi connectivity index (χ0) is 64.7. The van der Waals surface area contributed by atoms with Gasteiger partial charge in [0.1, 0.15) is 36.3 Å². The topological polar surface area (TPSA) is 209 Å². The number of ether oxygens (including phenoxy) is 6. The first kappa shape index (κ1) is 69.4. The number of hydrogen-bond donors (Lipinski definition) is 2. The number of para-hydroxylation sites is 1. The lowest BCUT2D eigenvalue weighted by molar-refractivity contribution is -0.345. The van der Waals surface area contributed by atoms with Crippen molar-refractivity contribution in [2.45, 2.75) is 224 Å². The summed E-state index contributed by atoms with van der Waals surface area (Å²) in [5.74, 6) is -5.47. The molecule has 1 saturated heterocycles. The van der Waals surface area contributed by atoms with Gasteiger partial charge in [0, 0.05) is 42.7 Å². The standard InChI is InChI=1S/C70H97NO15Si2/c1-17-22-23-30-39-56(73)84-69-43-80-55(69)41-54(85-87(19-3,20-4)21-5)68(16)61(69)63(83-65(76)50-35-28-25-29-36-50)70(78)42-53(47(12)57(67(70,14)15)59(62(68)74)81-48(13)72)82-66(77)60(86-88(44(6)7,45(8)9)46(10)11)58(71-64(75)49-33-26-24-27-34-49)51-37-31-32-38-52(51)79-40-18-2/h17-18,24-29,31-38,44-46,53-55,58-61,63,78H,1-2,19-23,30,39-43H2,3-16H3,(H,71,75)/t53-,54-,55+,58-,59+,60+,61-,63-,68+,69-,70+/m0/s1. The molecule has 1 heterocycles. The molecule has 18 heteroatoms. The predicted molar refractivity (Wildman–Crippen MR) is 342 cm³/mol. The van der Waals surface area contributed by atoms with Crippen molar-refractivity contribution in [1.29, 1.82) is 0 Å². The summed E-state index contributed by atoms with van der Waals surface area (Å²) in [6, 6.07) is 24.7. The first-order valence-corrected chi connectivity index (χ1v) is 36.4. The van der Waals surface area contributed by atoms with Crippen LogP contribution in [0, 0.1) is 16.7 Å². The molecule has 2 N–H and O–H groups in total. The number of amides is 1. The van der Waals surface area contributed by atoms with E-state index in [4.69, 9.17) is 37.3 Å². The van der Waals surface area contributed by atoms with Crippen molar-refractivity contribution in [3.63, 3.8) is 0 Å². The van der Waals surface area contributed by atoms with Gasteiger partial charge in [-0.2, -0.15) is 0 Å². The van der Waals surface area contributed by atoms with E-state index in [0.29, 0.717) is 54.3 Å². The van der Waals surface area contributed by atoms with E-state index in [0.717, 1.165) is 0 Å². The summed E-state index contributed by atoms with van der Waals surface area (Å²) in [4.78, 5) is 92.0. The van der Waals surface area contributed by atoms with Crippen molar-refractivity contribution < 1.29 is 71.1 Å². The lowest BCUT2D eigenvalue weighted by Crippen LogP contribution is -2.82. The molecule has 0 spiro atoms. The molecule has 3 aromatic carbocycles. The smallest absolute Gasteiger partial charge is 0.338 e. The van der Waals surface area contributed by atoms with Crippen LogP contribution in [0.1, 0.15) is 168 Å². The Bertz CT molecular complexity index is 3000. The summed E-state index contributed by atoms with van der Waals surface area (Å²) in [7, 11) is -5.90. The first-order valence-electron chi connectivity index (χ1n) is 31.7. The number of esters is 4. The number of unbranched alkanes of at least 4 members (excludes halogenated alkanes) is 2. The Morgan fingerprint density at radius 1 is 0.795 bits per heavy atom. The highest BCUT2D eigenvalue weighted by molar-refractivity contribution is 6.77. The molecule has 88 heavy (non-hydrogen) atoms. The van der Waals surface area contributed by atoms with Crippen molar-refractivity contribution in [2.24, 2.45) is 16.7 Å². The maximum absolute atomic E-state index is 17.0. The quantitative estimate of drug-likeness (QED) is 0.0228. The third kappa shape index (κ3) is 13.1. The van der Waals surface area contributed by atoms with Crippen molar-refractivity contribution in [2.75, 3.05) is 13.2 Å². The minimum Gasteiger partial charge on any atom is -0.489 e. The molecule has 7 rings (SSSR count). The number of benzene rings is 3. The molecule has 16 nitrogen and oxygen atoms in total. The summed E-state index contributed by atoms with van der Waals surface area (Å²) in [5, 5.41) is 18.0. The molecule has 0 unspecified atom stereocenters. The molecule has 3 aromatic rings. The Labute approximate surface area is 524 Å². The van der Waals surface area contributed by atoms with Crippen LogP contribution in [0.4, 0.5) is 0 Å². The summed E-state index contributed by atoms with van der Waals surface area (Å²) in [6.07, 6.45) is -3.82. The lowest BCUT2D eigenvalue weighted by atomic mass is 9.44. The molecule has 1 amide bonds. The highest BCUT2D eigenvalue weighted by Crippen LogP contribution is 2.65. The molecule has 4 aliphatic rings. The number of hydrogen-bond acceptors (Lipinski definition) is 15. The Balaban J connectivity index is 1.54. The van der Waals surface area contributed by atoms with Crippen LogP contribution in [0.15, 0.2) is 121 Å². The zero-order valence-corrected chi connectivity index (χ0v) is 56.4. The van der Waals surface area contributed by atoms with Gasteiger partial charge in [0.15, 0.2) is 31.9 Å². The van der Waals surface area contributed by atoms with Crippen molar-refractivity contribution >= 4 is 52.2 Å². The number of allylic oxidation sites excluding steroid dienone is 1. The minimum absolute atomic E-state index is 0.00296. The maximum Gasteiger partial charge on any atom is 0.338 e. The van der Waals surface area contributed by atoms with Crippen LogP contribution in [-0.2, 0) is 51.7 Å². The van der Waals surface area contributed by atoms with E-state index in [1.807, 2.05) is 0 Å². The molecular weight excluding hydrogens is 1150 g/mol. The number of carbonyl (C=O) groups is 6. The van der Waals surface area contributed by atoms with Crippen LogP contribution in [0.5, 0.6) is 5.75 Å². The number of aliphatic hydroxyl groups is 1. The van der Waals surface area contributed by atoms with E-state index in [2.05, 4.69) is 80.8 Å². The number of rotatable bonds is 28. The SMILES string of the molecule is C=CCCCCC(=O)O[C@@]12CO[C@@H]1C[C@H](O[Si](CC)(CC)CC)[C@@]1(C)C(=O)[C@H](OC(C)=O)C3=C(C)[C@@H](OC(=O)[C@H](O[Si](C(C)C)(C(C)C)C(C)C)[C@@H](NC(=O)c4ccccc4)c4ccccc4OCC=C)C[C@@](O)([C@@H](OC(=O)c4ccccc4)[C@H]21)C3(C)C. The van der Waals surface area contributed by atoms with Gasteiger partial charge >= 0.3 is 23.9 Å². The number of ketones is 1. The number of fused-ring (bicyclic) bond motifs is 5. The van der Waals surface area contributed by atoms with E-state index in [1.54, 1.807) is 125 Å². The highest BCUT2D eigenvalue weighted by atomic mass is 28.4. The molecule has 11 atom stereocenters. The lowest BCUT2D eigenvalue weighted by Gasteiger charge is -2.68. The second kappa shape index (κ2) is 28.4. The second-order valence-electron chi connectivity index (χ2n) is 26.2. The molecule has 0 radical (unpaired) electrons. The molecule has 1 aliphatic heterocycles. The van der Waals surface area contributed by atoms with Crippen LogP contribution in [0.3, 0.4) is 0 Å². The van der Waals surface area contributed by atoms with E-state index < -0.39 is 129 Å². The molecular formula is C70H97NO15Si2. The normalized spacial score (nSPS) is 26.5. The van der Waals surface area contributed by atoms with Crippen LogP contribution < -0.4 is 10.1 Å². The summed E-state index contributed by atoms with van der Waals surface area (Å²) >= 11 is 0. The van der Waals surface area contributed by atoms with Gasteiger partial charge in [0.25, 0.3) is 5.91 Å². The second-order valence-corrected chi connectivity index (χ2v) is 36.4. The number of nitrogens with one attached hydrogen (secondary N) is 1. The minimum atomic E-state index is -3.18. The van der Waals surface area contributed by atoms with Crippen molar-refractivity contribution in [3.05, 3.63) is 138 Å². The van der Waals surface area contributed by atoms with Crippen molar-refractivity contribution in [3.8, 4) is 5.75 Å². The fraction of sp³-hybridized carbons (Fsp3) is 0.571. The van der Waals surface area contributed by atoms with Gasteiger partial charge in [-0.25, -0.2) is 9.59 Å². The molecule has 480 valence electrons. The Morgan fingerprint density at radius 2 is 1.39 bits per heavy atom. The first-order chi connectivity index (χ1) is 41.6. The Morgan fingerprint density at radius 3 is 1.93 bits per heavy atom. The number of carbonyl (C=O) groups excluding carboxylic acids is 6. The van der Waals surface area contributed by atoms with Gasteiger partial charge in [0.05, 0.1) is 35.6 Å². The zero-order valence-electron chi connectivity index (χ0n) is 54.4. The van der Waals surface area contributed by atoms with Crippen LogP contribution >= 0.6 is 0 Å². The van der Waals surface area contributed by atoms with Gasteiger partial charge in [-0.1, -0.05) is 149 Å². The fourth-order valence-electron chi connectivity index (χ4n) is 15.3. The van der Waals surface area contributed by atoms with Gasteiger partial charge in [-0.3, -0.25) is 19.2 Å². The van der Waals surface area contributed by atoms with Crippen LogP contribution in [0.2, 0.25) is 34.8 Å². The van der Waals surface area contributed by atoms with Crippen LogP contribution in [-0.4, -0.2) is 118 Å². The maximum atomic E-state index is 17.0. The molecule has 3 fully saturated rings. The third-order valence-corrected chi connectivity index (χ3v) is 31.0. The van der Waals surface area contributed by atoms with E-state index in [9.17, 15) is 19.5 Å². The van der Waals surface area contributed by atoms with E-state index in [1.165, 1.54) is 6.92 Å². The average molecular weight is 1250 g/mol. The predicted octanol–water partition coefficient (Wildman–Crippen LogP) is 13.3. The summed E-state index contributed by atoms with van der Waals surface area (Å²) in [5.41, 5.74) is -6.71. The molecule has 2 bridgehead atoms.